The zero-order valence-corrected chi connectivity index (χ0v) is 16.1. The molecule has 4 nitrogen and oxygen atoms in total. The number of hydrogen-bond acceptors (Lipinski definition) is 4. The summed E-state index contributed by atoms with van der Waals surface area (Å²) in [6.45, 7) is 9.99. The summed E-state index contributed by atoms with van der Waals surface area (Å²) in [5.41, 5.74) is 2.96. The average molecular weight is 353 g/mol. The lowest BCUT2D eigenvalue weighted by atomic mass is 9.87. The molecule has 2 aromatic heterocycles. The van der Waals surface area contributed by atoms with Crippen LogP contribution in [0, 0.1) is 10.8 Å². The fourth-order valence-corrected chi connectivity index (χ4v) is 2.93. The molecule has 1 aliphatic carbocycles. The summed E-state index contributed by atoms with van der Waals surface area (Å²) in [4.78, 5) is 22.0. The molecule has 0 saturated heterocycles. The molecule has 1 aliphatic rings. The van der Waals surface area contributed by atoms with Gasteiger partial charge in [-0.3, -0.25) is 8.77 Å². The molecule has 0 radical (unpaired) electrons. The van der Waals surface area contributed by atoms with Crippen molar-refractivity contribution < 1.29 is 4.79 Å². The standard InChI is InChI=1S/C20H23N3OS/c1-19(2,3)17(24)14-12-23(25)18-16(14)22-15(11-21-18)13-7-6-9-20(4,5)10-8-13/h6-12,25H,1-5H3. The van der Waals surface area contributed by atoms with Gasteiger partial charge in [0.25, 0.3) is 0 Å². The van der Waals surface area contributed by atoms with Gasteiger partial charge in [-0.25, -0.2) is 9.97 Å². The van der Waals surface area contributed by atoms with E-state index in [0.717, 1.165) is 11.3 Å². The number of thiol groups is 1. The number of fused-ring (bicyclic) bond motifs is 1. The van der Waals surface area contributed by atoms with Crippen LogP contribution in [0.15, 0.2) is 42.8 Å². The van der Waals surface area contributed by atoms with Crippen molar-refractivity contribution >= 4 is 35.3 Å². The van der Waals surface area contributed by atoms with Crippen molar-refractivity contribution in [3.05, 3.63) is 54.0 Å². The predicted octanol–water partition coefficient (Wildman–Crippen LogP) is 4.89. The molecule has 2 aromatic rings. The molecule has 0 fully saturated rings. The second kappa shape index (κ2) is 5.99. The van der Waals surface area contributed by atoms with Crippen molar-refractivity contribution in [1.82, 2.24) is 13.9 Å². The number of carbonyl (C=O) groups is 1. The van der Waals surface area contributed by atoms with Gasteiger partial charge in [0.2, 0.25) is 0 Å². The number of hydrogen-bond donors (Lipinski definition) is 1. The third-order valence-electron chi connectivity index (χ3n) is 4.19. The van der Waals surface area contributed by atoms with Gasteiger partial charge in [-0.05, 0) is 0 Å². The Kier molecular flexibility index (Phi) is 4.23. The molecule has 2 heterocycles. The molecule has 0 atom stereocenters. The smallest absolute Gasteiger partial charge is 0.171 e. The van der Waals surface area contributed by atoms with Crippen molar-refractivity contribution in [1.29, 1.82) is 0 Å². The van der Waals surface area contributed by atoms with Crippen LogP contribution in [0.2, 0.25) is 0 Å². The number of nitrogens with zero attached hydrogens (tertiary/aromatic N) is 3. The van der Waals surface area contributed by atoms with Crippen molar-refractivity contribution in [2.45, 2.75) is 34.6 Å². The molecule has 0 spiro atoms. The maximum atomic E-state index is 12.8. The van der Waals surface area contributed by atoms with E-state index in [1.807, 2.05) is 32.9 Å². The molecule has 130 valence electrons. The first kappa shape index (κ1) is 17.7. The zero-order valence-electron chi connectivity index (χ0n) is 15.2. The second-order valence-electron chi connectivity index (χ2n) is 8.03. The first-order valence-electron chi connectivity index (χ1n) is 8.30. The van der Waals surface area contributed by atoms with E-state index in [-0.39, 0.29) is 11.2 Å². The molecule has 0 amide bonds. The molecule has 0 aromatic carbocycles. The molecule has 0 aliphatic heterocycles. The van der Waals surface area contributed by atoms with Crippen LogP contribution in [0.3, 0.4) is 0 Å². The summed E-state index contributed by atoms with van der Waals surface area (Å²) in [5, 5.41) is 0. The first-order valence-corrected chi connectivity index (χ1v) is 8.70. The highest BCUT2D eigenvalue weighted by molar-refractivity contribution is 7.78. The van der Waals surface area contributed by atoms with E-state index in [1.54, 1.807) is 16.4 Å². The molecule has 0 N–H and O–H groups in total. The lowest BCUT2D eigenvalue weighted by molar-refractivity contribution is 0.0860. The van der Waals surface area contributed by atoms with Crippen LogP contribution in [0.5, 0.6) is 0 Å². The van der Waals surface area contributed by atoms with Gasteiger partial charge in [0.05, 0.1) is 17.5 Å². The number of carbonyl (C=O) groups excluding carboxylic acids is 1. The largest absolute Gasteiger partial charge is 0.293 e. The van der Waals surface area contributed by atoms with Gasteiger partial charge in [-0.1, -0.05) is 77.8 Å². The van der Waals surface area contributed by atoms with Crippen LogP contribution in [0.25, 0.3) is 16.7 Å². The topological polar surface area (TPSA) is 47.8 Å². The van der Waals surface area contributed by atoms with Crippen LogP contribution >= 0.6 is 12.8 Å². The lowest BCUT2D eigenvalue weighted by Gasteiger charge is -2.15. The lowest BCUT2D eigenvalue weighted by Crippen LogP contribution is -2.20. The third-order valence-corrected chi connectivity index (χ3v) is 4.50. The summed E-state index contributed by atoms with van der Waals surface area (Å²) in [5.74, 6) is 0.0307. The highest BCUT2D eigenvalue weighted by atomic mass is 32.1. The highest BCUT2D eigenvalue weighted by Gasteiger charge is 2.27. The monoisotopic (exact) mass is 353 g/mol. The Bertz CT molecular complexity index is 940. The van der Waals surface area contributed by atoms with Crippen LogP contribution in [0.1, 0.15) is 50.7 Å². The van der Waals surface area contributed by atoms with Crippen LogP contribution < -0.4 is 0 Å². The quantitative estimate of drug-likeness (QED) is 0.618. The highest BCUT2D eigenvalue weighted by Crippen LogP contribution is 2.30. The van der Waals surface area contributed by atoms with Crippen LogP contribution in [-0.2, 0) is 0 Å². The average Bonchev–Trinajstić information content (AvgIpc) is 2.73. The molecule has 0 saturated carbocycles. The molecule has 3 rings (SSSR count). The SMILES string of the molecule is CC1(C)C=CC=C(c2cnc3c(n2)c(C(=O)C(C)(C)C)cn3S)C=C1. The van der Waals surface area contributed by atoms with Gasteiger partial charge in [0, 0.05) is 22.6 Å². The summed E-state index contributed by atoms with van der Waals surface area (Å²) in [6, 6.07) is 0. The van der Waals surface area contributed by atoms with Crippen molar-refractivity contribution in [2.75, 3.05) is 0 Å². The van der Waals surface area contributed by atoms with E-state index in [9.17, 15) is 4.79 Å². The van der Waals surface area contributed by atoms with Crippen molar-refractivity contribution in [3.8, 4) is 0 Å². The number of ketones is 1. The molecule has 0 bridgehead atoms. The van der Waals surface area contributed by atoms with E-state index in [4.69, 9.17) is 4.98 Å². The molecule has 5 heteroatoms. The summed E-state index contributed by atoms with van der Waals surface area (Å²) < 4.78 is 1.56. The Balaban J connectivity index is 2.13. The summed E-state index contributed by atoms with van der Waals surface area (Å²) in [7, 11) is 0. The molecular weight excluding hydrogens is 330 g/mol. The Morgan fingerprint density at radius 1 is 1.24 bits per heavy atom. The number of rotatable bonds is 2. The van der Waals surface area contributed by atoms with E-state index in [1.165, 1.54) is 0 Å². The minimum absolute atomic E-state index is 0.00241. The van der Waals surface area contributed by atoms with E-state index in [0.29, 0.717) is 16.7 Å². The van der Waals surface area contributed by atoms with Crippen LogP contribution in [-0.4, -0.2) is 19.7 Å². The Morgan fingerprint density at radius 3 is 2.64 bits per heavy atom. The Labute approximate surface area is 153 Å². The molecule has 25 heavy (non-hydrogen) atoms. The Morgan fingerprint density at radius 2 is 1.96 bits per heavy atom. The number of Topliss-reactive ketones (excluding diaryl/α,β-unsaturated/α-hetero) is 1. The predicted molar refractivity (Wildman–Crippen MR) is 106 cm³/mol. The minimum Gasteiger partial charge on any atom is -0.293 e. The van der Waals surface area contributed by atoms with Gasteiger partial charge in [-0.2, -0.15) is 0 Å². The maximum Gasteiger partial charge on any atom is 0.171 e. The number of allylic oxidation sites excluding steroid dienone is 6. The zero-order chi connectivity index (χ0) is 18.4. The number of aromatic nitrogens is 3. The van der Waals surface area contributed by atoms with Gasteiger partial charge in [-0.15, -0.1) is 0 Å². The van der Waals surface area contributed by atoms with Gasteiger partial charge in [0.1, 0.15) is 5.52 Å². The fraction of sp³-hybridized carbons (Fsp3) is 0.350. The molecule has 0 unspecified atom stereocenters. The van der Waals surface area contributed by atoms with Gasteiger partial charge in [0.15, 0.2) is 11.4 Å². The van der Waals surface area contributed by atoms with E-state index in [2.05, 4.69) is 49.9 Å². The van der Waals surface area contributed by atoms with E-state index >= 15 is 0 Å². The van der Waals surface area contributed by atoms with Crippen LogP contribution in [0.4, 0.5) is 0 Å². The maximum absolute atomic E-state index is 12.8. The fourth-order valence-electron chi connectivity index (χ4n) is 2.67. The van der Waals surface area contributed by atoms with E-state index < -0.39 is 5.41 Å². The summed E-state index contributed by atoms with van der Waals surface area (Å²) >= 11 is 4.38. The molecular formula is C20H23N3OS. The van der Waals surface area contributed by atoms with Gasteiger partial charge >= 0.3 is 0 Å². The Hall–Kier alpha value is -2.14. The van der Waals surface area contributed by atoms with Crippen molar-refractivity contribution in [3.63, 3.8) is 0 Å². The van der Waals surface area contributed by atoms with Crippen molar-refractivity contribution in [2.24, 2.45) is 10.8 Å². The normalized spacial score (nSPS) is 16.8. The second-order valence-corrected chi connectivity index (χ2v) is 8.46. The summed E-state index contributed by atoms with van der Waals surface area (Å²) in [6.07, 6.45) is 13.8. The first-order chi connectivity index (χ1) is 11.6. The minimum atomic E-state index is -0.492. The van der Waals surface area contributed by atoms with Gasteiger partial charge < -0.3 is 0 Å². The third kappa shape index (κ3) is 3.47.